The number of piperazine rings is 1. The van der Waals surface area contributed by atoms with Gasteiger partial charge in [0.25, 0.3) is 11.8 Å². The van der Waals surface area contributed by atoms with Crippen molar-refractivity contribution in [2.75, 3.05) is 41.3 Å². The molecule has 0 radical (unpaired) electrons. The maximum Gasteiger partial charge on any atom is 0.277 e. The zero-order valence-corrected chi connectivity index (χ0v) is 24.0. The number of oxazole rings is 1. The Kier molecular flexibility index (Phi) is 8.17. The van der Waals surface area contributed by atoms with Crippen LogP contribution in [-0.4, -0.2) is 71.4 Å². The number of aliphatic hydroxyl groups is 2. The highest BCUT2D eigenvalue weighted by atomic mass is 16.3. The molecule has 2 amide bonds. The third kappa shape index (κ3) is 6.15. The van der Waals surface area contributed by atoms with Crippen LogP contribution in [0.15, 0.2) is 53.1 Å². The fourth-order valence-electron chi connectivity index (χ4n) is 5.99. The molecule has 222 valence electrons. The Bertz CT molecular complexity index is 1430. The minimum absolute atomic E-state index is 0.206. The molecule has 3 aromatic rings. The molecule has 2 heterocycles. The molecule has 4 N–H and O–H groups in total. The van der Waals surface area contributed by atoms with E-state index in [0.29, 0.717) is 30.0 Å². The molecule has 10 heteroatoms. The quantitative estimate of drug-likeness (QED) is 0.314. The van der Waals surface area contributed by atoms with Crippen molar-refractivity contribution in [2.45, 2.75) is 69.6 Å². The Morgan fingerprint density at radius 3 is 2.36 bits per heavy atom. The second-order valence-electron chi connectivity index (χ2n) is 11.7. The standard InChI is InChI=1S/C32H39N5O5/c1-20-6-2-4-8-26(20)36-14-16-37(17-15-36)27-13-12-22(30(40)33-23-7-3-5-9-28(38)29(23)39)18-24(27)34-31(41)25-19-42-32(35-25)21-10-11-21/h2,4,6,8,12-13,18-19,21,23,28-29,38-39H,3,5,7,9-11,14-17H2,1H3,(H,33,40)(H,34,41)/t23-,28-,29+/m1/s1. The van der Waals surface area contributed by atoms with Crippen molar-refractivity contribution in [3.63, 3.8) is 0 Å². The van der Waals surface area contributed by atoms with E-state index in [-0.39, 0.29) is 17.5 Å². The number of anilines is 3. The van der Waals surface area contributed by atoms with Crippen LogP contribution in [0.3, 0.4) is 0 Å². The Balaban J connectivity index is 1.22. The van der Waals surface area contributed by atoms with E-state index < -0.39 is 24.2 Å². The number of hydrogen-bond donors (Lipinski definition) is 4. The Labute approximate surface area is 245 Å². The first-order chi connectivity index (χ1) is 20.4. The van der Waals surface area contributed by atoms with Gasteiger partial charge in [-0.05, 0) is 62.4 Å². The summed E-state index contributed by atoms with van der Waals surface area (Å²) in [6, 6.07) is 13.1. The molecular formula is C32H39N5O5. The fraction of sp³-hybridized carbons (Fsp3) is 0.469. The highest BCUT2D eigenvalue weighted by Crippen LogP contribution is 2.39. The smallest absolute Gasteiger partial charge is 0.277 e. The molecule has 2 aromatic carbocycles. The predicted molar refractivity (Wildman–Crippen MR) is 160 cm³/mol. The Morgan fingerprint density at radius 2 is 1.62 bits per heavy atom. The van der Waals surface area contributed by atoms with Gasteiger partial charge in [-0.25, -0.2) is 4.98 Å². The first-order valence-electron chi connectivity index (χ1n) is 15.0. The summed E-state index contributed by atoms with van der Waals surface area (Å²) >= 11 is 0. The second kappa shape index (κ2) is 12.1. The summed E-state index contributed by atoms with van der Waals surface area (Å²) in [5.74, 6) is 0.115. The first kappa shape index (κ1) is 28.2. The van der Waals surface area contributed by atoms with E-state index in [2.05, 4.69) is 50.5 Å². The molecule has 2 aliphatic carbocycles. The summed E-state index contributed by atoms with van der Waals surface area (Å²) in [5, 5.41) is 26.7. The monoisotopic (exact) mass is 573 g/mol. The largest absolute Gasteiger partial charge is 0.448 e. The third-order valence-electron chi connectivity index (χ3n) is 8.65. The molecule has 10 nitrogen and oxygen atoms in total. The van der Waals surface area contributed by atoms with Crippen molar-refractivity contribution in [3.8, 4) is 0 Å². The normalized spacial score (nSPS) is 22.9. The number of hydrogen-bond acceptors (Lipinski definition) is 8. The maximum atomic E-state index is 13.3. The lowest BCUT2D eigenvalue weighted by molar-refractivity contribution is -0.00124. The van der Waals surface area contributed by atoms with Crippen LogP contribution >= 0.6 is 0 Å². The van der Waals surface area contributed by atoms with Gasteiger partial charge in [0.2, 0.25) is 0 Å². The van der Waals surface area contributed by atoms with Crippen LogP contribution in [-0.2, 0) is 0 Å². The van der Waals surface area contributed by atoms with Crippen LogP contribution in [0.4, 0.5) is 17.1 Å². The average Bonchev–Trinajstić information content (AvgIpc) is 3.76. The SMILES string of the molecule is Cc1ccccc1N1CCN(c2ccc(C(=O)N[C@@H]3CCCC[C@@H](O)[C@H]3O)cc2NC(=O)c2coc(C3CC3)n2)CC1. The summed E-state index contributed by atoms with van der Waals surface area (Å²) in [6.07, 6.45) is 4.26. The average molecular weight is 574 g/mol. The molecule has 0 unspecified atom stereocenters. The number of benzene rings is 2. The van der Waals surface area contributed by atoms with E-state index in [9.17, 15) is 19.8 Å². The van der Waals surface area contributed by atoms with E-state index in [4.69, 9.17) is 4.42 Å². The van der Waals surface area contributed by atoms with Gasteiger partial charge in [-0.15, -0.1) is 0 Å². The predicted octanol–water partition coefficient (Wildman–Crippen LogP) is 3.83. The van der Waals surface area contributed by atoms with Gasteiger partial charge in [0.15, 0.2) is 11.6 Å². The van der Waals surface area contributed by atoms with Gasteiger partial charge >= 0.3 is 0 Å². The van der Waals surface area contributed by atoms with E-state index in [1.807, 2.05) is 12.1 Å². The fourth-order valence-corrected chi connectivity index (χ4v) is 5.99. The number of nitrogens with zero attached hydrogens (tertiary/aromatic N) is 3. The number of para-hydroxylation sites is 1. The highest BCUT2D eigenvalue weighted by Gasteiger charge is 2.31. The number of aromatic nitrogens is 1. The summed E-state index contributed by atoms with van der Waals surface area (Å²) in [4.78, 5) is 35.6. The van der Waals surface area contributed by atoms with Crippen molar-refractivity contribution >= 4 is 28.9 Å². The zero-order chi connectivity index (χ0) is 29.2. The summed E-state index contributed by atoms with van der Waals surface area (Å²) in [7, 11) is 0. The van der Waals surface area contributed by atoms with Gasteiger partial charge in [-0.2, -0.15) is 0 Å². The van der Waals surface area contributed by atoms with Gasteiger partial charge in [0.05, 0.1) is 29.6 Å². The Hall–Kier alpha value is -3.89. The molecule has 3 fully saturated rings. The third-order valence-corrected chi connectivity index (χ3v) is 8.65. The van der Waals surface area contributed by atoms with Crippen LogP contribution < -0.4 is 20.4 Å². The second-order valence-corrected chi connectivity index (χ2v) is 11.7. The van der Waals surface area contributed by atoms with Crippen LogP contribution in [0.5, 0.6) is 0 Å². The molecule has 2 saturated carbocycles. The molecule has 3 aliphatic rings. The Morgan fingerprint density at radius 1 is 0.905 bits per heavy atom. The van der Waals surface area contributed by atoms with Gasteiger partial charge in [-0.1, -0.05) is 31.0 Å². The molecule has 1 aromatic heterocycles. The molecule has 1 saturated heterocycles. The number of amides is 2. The van der Waals surface area contributed by atoms with Crippen molar-refractivity contribution in [1.29, 1.82) is 0 Å². The van der Waals surface area contributed by atoms with Gasteiger partial charge in [0, 0.05) is 43.3 Å². The number of aliphatic hydroxyl groups excluding tert-OH is 2. The first-order valence-corrected chi connectivity index (χ1v) is 15.0. The van der Waals surface area contributed by atoms with E-state index in [1.54, 1.807) is 12.1 Å². The van der Waals surface area contributed by atoms with Crippen LogP contribution in [0.1, 0.15) is 76.7 Å². The molecular weight excluding hydrogens is 534 g/mol. The lowest BCUT2D eigenvalue weighted by Crippen LogP contribution is -2.47. The minimum atomic E-state index is -1.02. The molecule has 0 bridgehead atoms. The lowest BCUT2D eigenvalue weighted by atomic mass is 10.0. The van der Waals surface area contributed by atoms with Crippen molar-refractivity contribution in [3.05, 3.63) is 71.4 Å². The van der Waals surface area contributed by atoms with Crippen molar-refractivity contribution < 1.29 is 24.2 Å². The summed E-state index contributed by atoms with van der Waals surface area (Å²) in [6.45, 7) is 5.23. The molecule has 42 heavy (non-hydrogen) atoms. The minimum Gasteiger partial charge on any atom is -0.448 e. The van der Waals surface area contributed by atoms with Crippen LogP contribution in [0.25, 0.3) is 0 Å². The number of nitrogens with one attached hydrogen (secondary N) is 2. The molecule has 6 rings (SSSR count). The van der Waals surface area contributed by atoms with E-state index in [1.165, 1.54) is 17.5 Å². The molecule has 1 aliphatic heterocycles. The molecule has 3 atom stereocenters. The number of carbonyl (C=O) groups is 2. The van der Waals surface area contributed by atoms with Crippen LogP contribution in [0.2, 0.25) is 0 Å². The van der Waals surface area contributed by atoms with E-state index >= 15 is 0 Å². The number of rotatable bonds is 7. The lowest BCUT2D eigenvalue weighted by Gasteiger charge is -2.38. The van der Waals surface area contributed by atoms with Gasteiger partial charge in [0.1, 0.15) is 6.26 Å². The van der Waals surface area contributed by atoms with Crippen molar-refractivity contribution in [1.82, 2.24) is 10.3 Å². The number of aryl methyl sites for hydroxylation is 1. The van der Waals surface area contributed by atoms with Gasteiger partial charge in [-0.3, -0.25) is 9.59 Å². The van der Waals surface area contributed by atoms with Gasteiger partial charge < -0.3 is 35.1 Å². The topological polar surface area (TPSA) is 131 Å². The maximum absolute atomic E-state index is 13.3. The van der Waals surface area contributed by atoms with E-state index in [0.717, 1.165) is 57.5 Å². The van der Waals surface area contributed by atoms with Crippen molar-refractivity contribution in [2.24, 2.45) is 0 Å². The summed E-state index contributed by atoms with van der Waals surface area (Å²) in [5.41, 5.74) is 4.35. The molecule has 0 spiro atoms. The summed E-state index contributed by atoms with van der Waals surface area (Å²) < 4.78 is 5.54. The zero-order valence-electron chi connectivity index (χ0n) is 24.0. The number of carbonyl (C=O) groups excluding carboxylic acids is 2. The highest BCUT2D eigenvalue weighted by molar-refractivity contribution is 6.06. The van der Waals surface area contributed by atoms with Crippen LogP contribution in [0, 0.1) is 6.92 Å².